The van der Waals surface area contributed by atoms with Crippen LogP contribution in [0.1, 0.15) is 54.8 Å². The molecule has 0 aromatic heterocycles. The van der Waals surface area contributed by atoms with E-state index in [9.17, 15) is 0 Å². The van der Waals surface area contributed by atoms with E-state index in [2.05, 4.69) is 23.1 Å². The molecule has 0 radical (unpaired) electrons. The Morgan fingerprint density at radius 2 is 1.68 bits per heavy atom. The quantitative estimate of drug-likeness (QED) is 0.903. The van der Waals surface area contributed by atoms with Gasteiger partial charge in [0.2, 0.25) is 0 Å². The van der Waals surface area contributed by atoms with Crippen molar-refractivity contribution >= 4 is 0 Å². The number of hydrogen-bond acceptors (Lipinski definition) is 2. The van der Waals surface area contributed by atoms with Gasteiger partial charge in [-0.2, -0.15) is 0 Å². The van der Waals surface area contributed by atoms with Crippen molar-refractivity contribution in [1.82, 2.24) is 4.90 Å². The van der Waals surface area contributed by atoms with Gasteiger partial charge in [0.25, 0.3) is 0 Å². The predicted molar refractivity (Wildman–Crippen MR) is 80.3 cm³/mol. The third-order valence-corrected chi connectivity index (χ3v) is 4.81. The second kappa shape index (κ2) is 6.06. The van der Waals surface area contributed by atoms with Crippen molar-refractivity contribution in [3.8, 4) is 0 Å². The van der Waals surface area contributed by atoms with Gasteiger partial charge >= 0.3 is 0 Å². The highest BCUT2D eigenvalue weighted by atomic mass is 15.2. The van der Waals surface area contributed by atoms with Gasteiger partial charge in [-0.05, 0) is 68.3 Å². The van der Waals surface area contributed by atoms with Crippen LogP contribution in [0.3, 0.4) is 0 Å². The number of piperidine rings is 1. The lowest BCUT2D eigenvalue weighted by Gasteiger charge is -2.34. The normalized spacial score (nSPS) is 21.9. The van der Waals surface area contributed by atoms with Crippen molar-refractivity contribution in [2.24, 2.45) is 5.73 Å². The molecule has 2 N–H and O–H groups in total. The molecule has 1 atom stereocenters. The van der Waals surface area contributed by atoms with Gasteiger partial charge in [0.15, 0.2) is 0 Å². The first-order valence-corrected chi connectivity index (χ1v) is 7.94. The van der Waals surface area contributed by atoms with Crippen LogP contribution < -0.4 is 5.73 Å². The molecule has 1 fully saturated rings. The summed E-state index contributed by atoms with van der Waals surface area (Å²) in [5, 5.41) is 0. The maximum absolute atomic E-state index is 6.07. The minimum absolute atomic E-state index is 0.438. The minimum Gasteiger partial charge on any atom is -0.329 e. The van der Waals surface area contributed by atoms with Gasteiger partial charge in [-0.25, -0.2) is 0 Å². The molecule has 1 aliphatic heterocycles. The van der Waals surface area contributed by atoms with Crippen molar-refractivity contribution in [2.45, 2.75) is 51.0 Å². The standard InChI is InChI=1S/C17H26N2/c18-13-17(19-10-4-1-5-11-19)16-9-8-14-6-2-3-7-15(14)12-16/h8-9,12,17H,1-7,10-11,13,18H2. The summed E-state index contributed by atoms with van der Waals surface area (Å²) in [4.78, 5) is 2.59. The molecule has 0 amide bonds. The van der Waals surface area contributed by atoms with Gasteiger partial charge in [-0.1, -0.05) is 24.6 Å². The maximum atomic E-state index is 6.07. The van der Waals surface area contributed by atoms with E-state index in [1.165, 1.54) is 63.6 Å². The minimum atomic E-state index is 0.438. The average molecular weight is 258 g/mol. The van der Waals surface area contributed by atoms with Crippen LogP contribution in [0.25, 0.3) is 0 Å². The number of fused-ring (bicyclic) bond motifs is 1. The van der Waals surface area contributed by atoms with Crippen molar-refractivity contribution in [2.75, 3.05) is 19.6 Å². The third kappa shape index (κ3) is 2.85. The van der Waals surface area contributed by atoms with Crippen molar-refractivity contribution in [3.63, 3.8) is 0 Å². The van der Waals surface area contributed by atoms with Crippen LogP contribution in [0.4, 0.5) is 0 Å². The summed E-state index contributed by atoms with van der Waals surface area (Å²) in [6.07, 6.45) is 9.31. The molecular formula is C17H26N2. The lowest BCUT2D eigenvalue weighted by molar-refractivity contribution is 0.167. The summed E-state index contributed by atoms with van der Waals surface area (Å²) in [5.74, 6) is 0. The van der Waals surface area contributed by atoms with Crippen LogP contribution in [0.15, 0.2) is 18.2 Å². The van der Waals surface area contributed by atoms with Gasteiger partial charge < -0.3 is 5.73 Å². The molecule has 1 unspecified atom stereocenters. The fourth-order valence-electron chi connectivity index (χ4n) is 3.69. The Morgan fingerprint density at radius 1 is 0.947 bits per heavy atom. The Labute approximate surface area is 117 Å². The number of nitrogens with zero attached hydrogens (tertiary/aromatic N) is 1. The molecule has 1 heterocycles. The Bertz CT molecular complexity index is 421. The Hall–Kier alpha value is -0.860. The molecule has 0 saturated carbocycles. The molecular weight excluding hydrogens is 232 g/mol. The first-order chi connectivity index (χ1) is 9.38. The number of nitrogens with two attached hydrogens (primary N) is 1. The molecule has 19 heavy (non-hydrogen) atoms. The fourth-order valence-corrected chi connectivity index (χ4v) is 3.69. The lowest BCUT2D eigenvalue weighted by Crippen LogP contribution is -2.37. The number of hydrogen-bond donors (Lipinski definition) is 1. The van der Waals surface area contributed by atoms with Gasteiger partial charge in [0.1, 0.15) is 0 Å². The van der Waals surface area contributed by atoms with E-state index in [4.69, 9.17) is 5.73 Å². The first-order valence-electron chi connectivity index (χ1n) is 7.94. The van der Waals surface area contributed by atoms with Crippen LogP contribution >= 0.6 is 0 Å². The third-order valence-electron chi connectivity index (χ3n) is 4.81. The fraction of sp³-hybridized carbons (Fsp3) is 0.647. The number of rotatable bonds is 3. The molecule has 2 nitrogen and oxygen atoms in total. The Morgan fingerprint density at radius 3 is 2.42 bits per heavy atom. The van der Waals surface area contributed by atoms with Crippen molar-refractivity contribution < 1.29 is 0 Å². The molecule has 1 aliphatic carbocycles. The van der Waals surface area contributed by atoms with Gasteiger partial charge in [0.05, 0.1) is 0 Å². The van der Waals surface area contributed by atoms with E-state index < -0.39 is 0 Å². The van der Waals surface area contributed by atoms with E-state index in [1.54, 1.807) is 11.1 Å². The van der Waals surface area contributed by atoms with Crippen LogP contribution in [0, 0.1) is 0 Å². The summed E-state index contributed by atoms with van der Waals surface area (Å²) >= 11 is 0. The van der Waals surface area contributed by atoms with Crippen LogP contribution in [-0.2, 0) is 12.8 Å². The van der Waals surface area contributed by atoms with E-state index in [1.807, 2.05) is 0 Å². The number of likely N-dealkylation sites (tertiary alicyclic amines) is 1. The topological polar surface area (TPSA) is 29.3 Å². The highest BCUT2D eigenvalue weighted by Gasteiger charge is 2.22. The van der Waals surface area contributed by atoms with E-state index >= 15 is 0 Å². The monoisotopic (exact) mass is 258 g/mol. The number of aryl methyl sites for hydroxylation is 2. The first kappa shape index (κ1) is 13.1. The summed E-state index contributed by atoms with van der Waals surface area (Å²) < 4.78 is 0. The molecule has 2 heteroatoms. The number of benzene rings is 1. The summed E-state index contributed by atoms with van der Waals surface area (Å²) in [6, 6.07) is 7.57. The Balaban J connectivity index is 1.82. The van der Waals surface area contributed by atoms with Gasteiger partial charge in [-0.3, -0.25) is 4.90 Å². The molecule has 104 valence electrons. The van der Waals surface area contributed by atoms with E-state index in [-0.39, 0.29) is 0 Å². The summed E-state index contributed by atoms with van der Waals surface area (Å²) in [5.41, 5.74) is 10.7. The molecule has 3 rings (SSSR count). The van der Waals surface area contributed by atoms with Crippen molar-refractivity contribution in [3.05, 3.63) is 34.9 Å². The largest absolute Gasteiger partial charge is 0.329 e. The zero-order chi connectivity index (χ0) is 13.1. The molecule has 0 spiro atoms. The second-order valence-corrected chi connectivity index (χ2v) is 6.08. The molecule has 2 aliphatic rings. The second-order valence-electron chi connectivity index (χ2n) is 6.08. The SMILES string of the molecule is NCC(c1ccc2c(c1)CCCC2)N1CCCCC1. The van der Waals surface area contributed by atoms with E-state index in [0.29, 0.717) is 6.04 Å². The maximum Gasteiger partial charge on any atom is 0.0470 e. The molecule has 0 bridgehead atoms. The zero-order valence-corrected chi connectivity index (χ0v) is 11.9. The summed E-state index contributed by atoms with van der Waals surface area (Å²) in [7, 11) is 0. The average Bonchev–Trinajstić information content (AvgIpc) is 2.49. The highest BCUT2D eigenvalue weighted by Crippen LogP contribution is 2.28. The highest BCUT2D eigenvalue weighted by molar-refractivity contribution is 5.35. The van der Waals surface area contributed by atoms with Crippen LogP contribution in [0.2, 0.25) is 0 Å². The predicted octanol–water partition coefficient (Wildman–Crippen LogP) is 3.05. The van der Waals surface area contributed by atoms with Gasteiger partial charge in [-0.15, -0.1) is 0 Å². The molecule has 1 aromatic carbocycles. The van der Waals surface area contributed by atoms with Crippen LogP contribution in [0.5, 0.6) is 0 Å². The molecule has 1 aromatic rings. The van der Waals surface area contributed by atoms with Crippen molar-refractivity contribution in [1.29, 1.82) is 0 Å². The lowest BCUT2D eigenvalue weighted by atomic mass is 9.88. The van der Waals surface area contributed by atoms with E-state index in [0.717, 1.165) is 6.54 Å². The summed E-state index contributed by atoms with van der Waals surface area (Å²) in [6.45, 7) is 3.19. The smallest absolute Gasteiger partial charge is 0.0470 e. The zero-order valence-electron chi connectivity index (χ0n) is 11.9. The van der Waals surface area contributed by atoms with Crippen LogP contribution in [-0.4, -0.2) is 24.5 Å². The molecule has 1 saturated heterocycles. The Kier molecular flexibility index (Phi) is 4.19. The van der Waals surface area contributed by atoms with Gasteiger partial charge in [0, 0.05) is 12.6 Å².